The van der Waals surface area contributed by atoms with Gasteiger partial charge in [-0.25, -0.2) is 0 Å². The van der Waals surface area contributed by atoms with Crippen LogP contribution in [0.5, 0.6) is 0 Å². The van der Waals surface area contributed by atoms with Crippen LogP contribution in [0.3, 0.4) is 0 Å². The Kier molecular flexibility index (Phi) is 2.08. The molecular weight excluding hydrogens is 198 g/mol. The van der Waals surface area contributed by atoms with Crippen molar-refractivity contribution in [1.82, 2.24) is 4.90 Å². The zero-order chi connectivity index (χ0) is 7.72. The van der Waals surface area contributed by atoms with E-state index in [-0.39, 0.29) is 17.7 Å². The highest BCUT2D eigenvalue weighted by Gasteiger charge is 2.34. The van der Waals surface area contributed by atoms with Gasteiger partial charge in [0.15, 0.2) is 0 Å². The van der Waals surface area contributed by atoms with Crippen LogP contribution in [-0.4, -0.2) is 29.1 Å². The monoisotopic (exact) mass is 205 g/mol. The predicted octanol–water partition coefficient (Wildman–Crippen LogP) is 0.386. The summed E-state index contributed by atoms with van der Waals surface area (Å²) in [6.45, 7) is 0. The lowest BCUT2D eigenvalue weighted by molar-refractivity contribution is -0.137. The average molecular weight is 206 g/mol. The normalized spacial score (nSPS) is 26.2. The van der Waals surface area contributed by atoms with Crippen LogP contribution in [0.4, 0.5) is 0 Å². The molecule has 1 fully saturated rings. The molecule has 4 heteroatoms. The van der Waals surface area contributed by atoms with Crippen LogP contribution in [0.1, 0.15) is 6.42 Å². The predicted molar refractivity (Wildman–Crippen MR) is 39.7 cm³/mol. The molecular formula is C6H8BrNO2. The number of imide groups is 1. The molecule has 0 radical (unpaired) electrons. The number of hydrogen-bond acceptors (Lipinski definition) is 2. The second-order valence-corrected chi connectivity index (χ2v) is 2.99. The number of alkyl halides is 1. The fourth-order valence-electron chi connectivity index (χ4n) is 0.952. The van der Waals surface area contributed by atoms with Gasteiger partial charge >= 0.3 is 0 Å². The molecule has 0 N–H and O–H groups in total. The third-order valence-electron chi connectivity index (χ3n) is 1.66. The third kappa shape index (κ3) is 1.08. The number of amides is 2. The second kappa shape index (κ2) is 2.70. The fourth-order valence-corrected chi connectivity index (χ4v) is 1.46. The molecule has 1 aliphatic rings. The molecule has 1 heterocycles. The standard InChI is InChI=1S/C6H8BrNO2/c1-8-5(9)2-4(3-7)6(8)10/h4H,2-3H2,1H3. The van der Waals surface area contributed by atoms with Gasteiger partial charge in [-0.3, -0.25) is 14.5 Å². The Morgan fingerprint density at radius 3 is 2.50 bits per heavy atom. The minimum absolute atomic E-state index is 0.0677. The van der Waals surface area contributed by atoms with Crippen molar-refractivity contribution >= 4 is 27.7 Å². The van der Waals surface area contributed by atoms with Gasteiger partial charge in [-0.2, -0.15) is 0 Å². The molecule has 0 spiro atoms. The number of likely N-dealkylation sites (tertiary alicyclic amines) is 1. The van der Waals surface area contributed by atoms with E-state index < -0.39 is 0 Å². The van der Waals surface area contributed by atoms with Crippen LogP contribution in [0, 0.1) is 5.92 Å². The van der Waals surface area contributed by atoms with Crippen molar-refractivity contribution < 1.29 is 9.59 Å². The molecule has 1 saturated heterocycles. The van der Waals surface area contributed by atoms with Crippen molar-refractivity contribution in [3.05, 3.63) is 0 Å². The Morgan fingerprint density at radius 1 is 1.70 bits per heavy atom. The topological polar surface area (TPSA) is 37.4 Å². The summed E-state index contributed by atoms with van der Waals surface area (Å²) in [6, 6.07) is 0. The molecule has 1 unspecified atom stereocenters. The maximum atomic E-state index is 11.0. The largest absolute Gasteiger partial charge is 0.285 e. The smallest absolute Gasteiger partial charge is 0.233 e. The quantitative estimate of drug-likeness (QED) is 0.459. The number of rotatable bonds is 1. The lowest BCUT2D eigenvalue weighted by Crippen LogP contribution is -2.26. The third-order valence-corrected chi connectivity index (χ3v) is 2.44. The first-order valence-electron chi connectivity index (χ1n) is 3.03. The van der Waals surface area contributed by atoms with Crippen LogP contribution in [0.25, 0.3) is 0 Å². The summed E-state index contributed by atoms with van der Waals surface area (Å²) >= 11 is 3.17. The van der Waals surface area contributed by atoms with E-state index in [1.807, 2.05) is 0 Å². The molecule has 0 aromatic carbocycles. The van der Waals surface area contributed by atoms with E-state index in [1.54, 1.807) is 0 Å². The van der Waals surface area contributed by atoms with E-state index in [0.29, 0.717) is 11.8 Å². The SMILES string of the molecule is CN1C(=O)CC(CBr)C1=O. The van der Waals surface area contributed by atoms with Crippen molar-refractivity contribution in [1.29, 1.82) is 0 Å². The molecule has 10 heavy (non-hydrogen) atoms. The molecule has 0 aromatic rings. The first-order valence-corrected chi connectivity index (χ1v) is 4.15. The van der Waals surface area contributed by atoms with Gasteiger partial charge in [-0.05, 0) is 0 Å². The van der Waals surface area contributed by atoms with Gasteiger partial charge in [0.1, 0.15) is 0 Å². The fraction of sp³-hybridized carbons (Fsp3) is 0.667. The molecule has 1 aliphatic heterocycles. The van der Waals surface area contributed by atoms with E-state index in [2.05, 4.69) is 15.9 Å². The van der Waals surface area contributed by atoms with E-state index in [1.165, 1.54) is 11.9 Å². The molecule has 3 nitrogen and oxygen atoms in total. The molecule has 0 aliphatic carbocycles. The highest BCUT2D eigenvalue weighted by Crippen LogP contribution is 2.19. The van der Waals surface area contributed by atoms with Gasteiger partial charge in [0, 0.05) is 18.8 Å². The van der Waals surface area contributed by atoms with Crippen molar-refractivity contribution in [2.75, 3.05) is 12.4 Å². The number of carbonyl (C=O) groups is 2. The Bertz CT molecular complexity index is 181. The summed E-state index contributed by atoms with van der Waals surface area (Å²) in [5.41, 5.74) is 0. The zero-order valence-corrected chi connectivity index (χ0v) is 7.22. The van der Waals surface area contributed by atoms with Crippen LogP contribution in [0.15, 0.2) is 0 Å². The summed E-state index contributed by atoms with van der Waals surface area (Å²) in [6.07, 6.45) is 0.362. The van der Waals surface area contributed by atoms with Gasteiger partial charge in [0.2, 0.25) is 11.8 Å². The van der Waals surface area contributed by atoms with Crippen molar-refractivity contribution in [2.45, 2.75) is 6.42 Å². The first-order chi connectivity index (χ1) is 4.66. The Labute approximate surface area is 67.5 Å². The Hall–Kier alpha value is -0.380. The van der Waals surface area contributed by atoms with E-state index in [4.69, 9.17) is 0 Å². The number of halogens is 1. The maximum Gasteiger partial charge on any atom is 0.233 e. The number of nitrogens with zero attached hydrogens (tertiary/aromatic N) is 1. The summed E-state index contributed by atoms with van der Waals surface area (Å²) in [5, 5.41) is 0.585. The molecule has 1 atom stereocenters. The van der Waals surface area contributed by atoms with Crippen molar-refractivity contribution in [3.8, 4) is 0 Å². The first kappa shape index (κ1) is 7.72. The van der Waals surface area contributed by atoms with Gasteiger partial charge < -0.3 is 0 Å². The van der Waals surface area contributed by atoms with Gasteiger partial charge in [0.25, 0.3) is 0 Å². The van der Waals surface area contributed by atoms with Gasteiger partial charge in [-0.15, -0.1) is 0 Å². The average Bonchev–Trinajstić information content (AvgIpc) is 2.17. The van der Waals surface area contributed by atoms with Gasteiger partial charge in [-0.1, -0.05) is 15.9 Å². The zero-order valence-electron chi connectivity index (χ0n) is 5.63. The number of carbonyl (C=O) groups excluding carboxylic acids is 2. The lowest BCUT2D eigenvalue weighted by Gasteiger charge is -2.04. The van der Waals surface area contributed by atoms with E-state index in [9.17, 15) is 9.59 Å². The Morgan fingerprint density at radius 2 is 2.30 bits per heavy atom. The van der Waals surface area contributed by atoms with Crippen LogP contribution < -0.4 is 0 Å². The van der Waals surface area contributed by atoms with Crippen molar-refractivity contribution in [2.24, 2.45) is 5.92 Å². The number of hydrogen-bond donors (Lipinski definition) is 0. The molecule has 1 rings (SSSR count). The summed E-state index contributed by atoms with van der Waals surface area (Å²) in [7, 11) is 1.52. The minimum Gasteiger partial charge on any atom is -0.285 e. The summed E-state index contributed by atoms with van der Waals surface area (Å²) in [5.74, 6) is -0.270. The highest BCUT2D eigenvalue weighted by molar-refractivity contribution is 9.09. The minimum atomic E-state index is -0.127. The molecule has 56 valence electrons. The van der Waals surface area contributed by atoms with Gasteiger partial charge in [0.05, 0.1) is 5.92 Å². The van der Waals surface area contributed by atoms with Crippen LogP contribution in [0.2, 0.25) is 0 Å². The molecule has 0 aromatic heterocycles. The summed E-state index contributed by atoms with van der Waals surface area (Å²) in [4.78, 5) is 23.0. The molecule has 0 saturated carbocycles. The maximum absolute atomic E-state index is 11.0. The summed E-state index contributed by atoms with van der Waals surface area (Å²) < 4.78 is 0. The molecule has 2 amide bonds. The lowest BCUT2D eigenvalue weighted by atomic mass is 10.1. The second-order valence-electron chi connectivity index (χ2n) is 2.35. The van der Waals surface area contributed by atoms with Crippen LogP contribution in [-0.2, 0) is 9.59 Å². The van der Waals surface area contributed by atoms with E-state index >= 15 is 0 Å². The van der Waals surface area contributed by atoms with Crippen LogP contribution >= 0.6 is 15.9 Å². The Balaban J connectivity index is 2.71. The highest BCUT2D eigenvalue weighted by atomic mass is 79.9. The van der Waals surface area contributed by atoms with E-state index in [0.717, 1.165) is 0 Å². The molecule has 0 bridgehead atoms. The van der Waals surface area contributed by atoms with Crippen molar-refractivity contribution in [3.63, 3.8) is 0 Å².